The third-order valence-electron chi connectivity index (χ3n) is 4.29. The van der Waals surface area contributed by atoms with E-state index in [9.17, 15) is 19.7 Å². The smallest absolute Gasteiger partial charge is 0.293 e. The molecule has 0 saturated carbocycles. The van der Waals surface area contributed by atoms with Gasteiger partial charge in [0.2, 0.25) is 0 Å². The fraction of sp³-hybridized carbons (Fsp3) is 0.211. The number of nitrogens with zero attached hydrogens (tertiary/aromatic N) is 4. The van der Waals surface area contributed by atoms with Crippen molar-refractivity contribution in [3.05, 3.63) is 84.5 Å². The highest BCUT2D eigenvalue weighted by atomic mass is 16.6. The molecule has 0 aliphatic carbocycles. The molecule has 136 valence electrons. The van der Waals surface area contributed by atoms with E-state index in [0.717, 1.165) is 4.57 Å². The lowest BCUT2D eigenvalue weighted by Gasteiger charge is -2.13. The molecule has 8 nitrogen and oxygen atoms in total. The van der Waals surface area contributed by atoms with Crippen LogP contribution in [0.25, 0.3) is 10.9 Å². The molecule has 1 aromatic heterocycles. The standard InChI is InChI=1S/C19H16N4O4/c1-2-9-21-17-10-15(23(26)27)7-8-16(17)18(24)22(19(21)25)12-14-5-3-13(11-20)4-6-14/h3-8,10H,2,9,12H2,1H3. The van der Waals surface area contributed by atoms with Crippen LogP contribution in [0.2, 0.25) is 0 Å². The lowest BCUT2D eigenvalue weighted by atomic mass is 10.1. The molecular weight excluding hydrogens is 348 g/mol. The number of hydrogen-bond acceptors (Lipinski definition) is 5. The molecule has 0 spiro atoms. The SMILES string of the molecule is CCCn1c(=O)n(Cc2ccc(C#N)cc2)c(=O)c2ccc([N+](=O)[O-])cc21. The van der Waals surface area contributed by atoms with Crippen LogP contribution in [0.5, 0.6) is 0 Å². The van der Waals surface area contributed by atoms with Crippen LogP contribution >= 0.6 is 0 Å². The summed E-state index contributed by atoms with van der Waals surface area (Å²) >= 11 is 0. The largest absolute Gasteiger partial charge is 0.331 e. The van der Waals surface area contributed by atoms with Gasteiger partial charge in [-0.15, -0.1) is 0 Å². The monoisotopic (exact) mass is 364 g/mol. The molecule has 0 fully saturated rings. The molecule has 1 heterocycles. The third kappa shape index (κ3) is 3.35. The van der Waals surface area contributed by atoms with Gasteiger partial charge in [-0.1, -0.05) is 19.1 Å². The second kappa shape index (κ2) is 7.25. The van der Waals surface area contributed by atoms with Crippen molar-refractivity contribution >= 4 is 16.6 Å². The van der Waals surface area contributed by atoms with Gasteiger partial charge in [-0.25, -0.2) is 4.79 Å². The van der Waals surface area contributed by atoms with Crippen molar-refractivity contribution in [1.29, 1.82) is 5.26 Å². The molecule has 0 radical (unpaired) electrons. The molecule has 3 aromatic rings. The van der Waals surface area contributed by atoms with Gasteiger partial charge in [-0.3, -0.25) is 24.0 Å². The average Bonchev–Trinajstić information content (AvgIpc) is 2.68. The van der Waals surface area contributed by atoms with Crippen molar-refractivity contribution in [2.45, 2.75) is 26.4 Å². The van der Waals surface area contributed by atoms with E-state index >= 15 is 0 Å². The highest BCUT2D eigenvalue weighted by molar-refractivity contribution is 5.80. The lowest BCUT2D eigenvalue weighted by molar-refractivity contribution is -0.384. The molecular formula is C19H16N4O4. The Balaban J connectivity index is 2.22. The summed E-state index contributed by atoms with van der Waals surface area (Å²) in [5, 5.41) is 20.2. The van der Waals surface area contributed by atoms with Crippen molar-refractivity contribution in [1.82, 2.24) is 9.13 Å². The number of benzene rings is 2. The van der Waals surface area contributed by atoms with Gasteiger partial charge in [0.25, 0.3) is 11.2 Å². The number of nitriles is 1. The Morgan fingerprint density at radius 1 is 1.11 bits per heavy atom. The summed E-state index contributed by atoms with van der Waals surface area (Å²) < 4.78 is 2.51. The number of fused-ring (bicyclic) bond motifs is 1. The molecule has 0 aliphatic rings. The molecule has 0 N–H and O–H groups in total. The number of rotatable bonds is 5. The van der Waals surface area contributed by atoms with Crippen LogP contribution in [-0.4, -0.2) is 14.1 Å². The van der Waals surface area contributed by atoms with E-state index in [4.69, 9.17) is 5.26 Å². The zero-order valence-electron chi connectivity index (χ0n) is 14.6. The molecule has 0 unspecified atom stereocenters. The third-order valence-corrected chi connectivity index (χ3v) is 4.29. The van der Waals surface area contributed by atoms with E-state index in [2.05, 4.69) is 0 Å². The molecule has 0 atom stereocenters. The number of hydrogen-bond donors (Lipinski definition) is 0. The maximum absolute atomic E-state index is 12.9. The maximum Gasteiger partial charge on any atom is 0.331 e. The van der Waals surface area contributed by atoms with Crippen molar-refractivity contribution in [2.75, 3.05) is 0 Å². The quantitative estimate of drug-likeness (QED) is 0.510. The summed E-state index contributed by atoms with van der Waals surface area (Å²) in [7, 11) is 0. The Labute approximate surface area is 153 Å². The second-order valence-electron chi connectivity index (χ2n) is 6.09. The summed E-state index contributed by atoms with van der Waals surface area (Å²) in [6.07, 6.45) is 0.632. The minimum atomic E-state index is -0.553. The van der Waals surface area contributed by atoms with E-state index in [0.29, 0.717) is 24.1 Å². The summed E-state index contributed by atoms with van der Waals surface area (Å²) in [4.78, 5) is 36.3. The predicted molar refractivity (Wildman–Crippen MR) is 99.7 cm³/mol. The van der Waals surface area contributed by atoms with Crippen molar-refractivity contribution in [3.8, 4) is 6.07 Å². The van der Waals surface area contributed by atoms with Crippen LogP contribution in [0.4, 0.5) is 5.69 Å². The molecule has 8 heteroatoms. The number of non-ortho nitro benzene ring substituents is 1. The van der Waals surface area contributed by atoms with Gasteiger partial charge in [0.05, 0.1) is 34.0 Å². The van der Waals surface area contributed by atoms with Gasteiger partial charge >= 0.3 is 5.69 Å². The van der Waals surface area contributed by atoms with Crippen LogP contribution in [0.1, 0.15) is 24.5 Å². The Morgan fingerprint density at radius 2 is 1.81 bits per heavy atom. The second-order valence-corrected chi connectivity index (χ2v) is 6.09. The highest BCUT2D eigenvalue weighted by Gasteiger charge is 2.16. The minimum absolute atomic E-state index is 0.0556. The molecule has 0 amide bonds. The number of nitro benzene ring substituents is 1. The van der Waals surface area contributed by atoms with E-state index in [-0.39, 0.29) is 23.1 Å². The molecule has 0 saturated heterocycles. The van der Waals surface area contributed by atoms with Crippen LogP contribution in [0, 0.1) is 21.4 Å². The van der Waals surface area contributed by atoms with E-state index in [1.54, 1.807) is 24.3 Å². The number of aromatic nitrogens is 2. The van der Waals surface area contributed by atoms with Gasteiger partial charge in [0.15, 0.2) is 0 Å². The van der Waals surface area contributed by atoms with Crippen molar-refractivity contribution in [3.63, 3.8) is 0 Å². The fourth-order valence-electron chi connectivity index (χ4n) is 2.97. The first-order chi connectivity index (χ1) is 13.0. The molecule has 2 aromatic carbocycles. The normalized spacial score (nSPS) is 10.7. The van der Waals surface area contributed by atoms with E-state index in [1.165, 1.54) is 22.8 Å². The maximum atomic E-state index is 12.9. The van der Waals surface area contributed by atoms with Crippen LogP contribution in [0.15, 0.2) is 52.1 Å². The van der Waals surface area contributed by atoms with E-state index < -0.39 is 16.2 Å². The van der Waals surface area contributed by atoms with Gasteiger partial charge in [-0.2, -0.15) is 5.26 Å². The molecule has 27 heavy (non-hydrogen) atoms. The summed E-state index contributed by atoms with van der Waals surface area (Å²) in [6.45, 7) is 2.27. The number of nitro groups is 1. The first-order valence-corrected chi connectivity index (χ1v) is 8.37. The number of aryl methyl sites for hydroxylation is 1. The van der Waals surface area contributed by atoms with Gasteiger partial charge in [0.1, 0.15) is 0 Å². The van der Waals surface area contributed by atoms with Crippen LogP contribution < -0.4 is 11.2 Å². The summed E-state index contributed by atoms with van der Waals surface area (Å²) in [6, 6.07) is 12.5. The predicted octanol–water partition coefficient (Wildman–Crippen LogP) is 2.40. The Bertz CT molecular complexity index is 1180. The lowest BCUT2D eigenvalue weighted by Crippen LogP contribution is -2.40. The average molecular weight is 364 g/mol. The zero-order chi connectivity index (χ0) is 19.6. The van der Waals surface area contributed by atoms with Crippen LogP contribution in [0.3, 0.4) is 0 Å². The Morgan fingerprint density at radius 3 is 2.41 bits per heavy atom. The van der Waals surface area contributed by atoms with Crippen LogP contribution in [-0.2, 0) is 13.1 Å². The first kappa shape index (κ1) is 18.1. The fourth-order valence-corrected chi connectivity index (χ4v) is 2.97. The molecule has 0 bridgehead atoms. The highest BCUT2D eigenvalue weighted by Crippen LogP contribution is 2.18. The topological polar surface area (TPSA) is 111 Å². The van der Waals surface area contributed by atoms with Gasteiger partial charge in [0, 0.05) is 18.7 Å². The Hall–Kier alpha value is -3.73. The van der Waals surface area contributed by atoms with E-state index in [1.807, 2.05) is 13.0 Å². The summed E-state index contributed by atoms with van der Waals surface area (Å²) in [5.41, 5.74) is 0.270. The van der Waals surface area contributed by atoms with Crippen molar-refractivity contribution < 1.29 is 4.92 Å². The zero-order valence-corrected chi connectivity index (χ0v) is 14.6. The summed E-state index contributed by atoms with van der Waals surface area (Å²) in [5.74, 6) is 0. The Kier molecular flexibility index (Phi) is 4.86. The van der Waals surface area contributed by atoms with Gasteiger partial charge in [-0.05, 0) is 30.2 Å². The minimum Gasteiger partial charge on any atom is -0.293 e. The van der Waals surface area contributed by atoms with Crippen molar-refractivity contribution in [2.24, 2.45) is 0 Å². The van der Waals surface area contributed by atoms with Gasteiger partial charge < -0.3 is 0 Å². The molecule has 3 rings (SSSR count). The first-order valence-electron chi connectivity index (χ1n) is 8.37. The molecule has 0 aliphatic heterocycles.